The summed E-state index contributed by atoms with van der Waals surface area (Å²) in [5.74, 6) is -0.864. The van der Waals surface area contributed by atoms with E-state index in [-0.39, 0.29) is 12.7 Å². The van der Waals surface area contributed by atoms with Gasteiger partial charge in [0.1, 0.15) is 6.61 Å². The number of aliphatic carboxylic acids is 1. The number of hydrogen-bond acceptors (Lipinski definition) is 3. The Balaban J connectivity index is 1.90. The molecule has 0 spiro atoms. The van der Waals surface area contributed by atoms with E-state index in [1.54, 1.807) is 0 Å². The number of carbonyl (C=O) groups is 1. The van der Waals surface area contributed by atoms with Gasteiger partial charge in [-0.05, 0) is 25.8 Å². The Morgan fingerprint density at radius 3 is 2.19 bits per heavy atom. The van der Waals surface area contributed by atoms with Crippen molar-refractivity contribution in [3.05, 3.63) is 0 Å². The Morgan fingerprint density at radius 2 is 1.62 bits per heavy atom. The van der Waals surface area contributed by atoms with Crippen LogP contribution in [0.15, 0.2) is 0 Å². The number of carboxylic acids is 1. The van der Waals surface area contributed by atoms with Crippen LogP contribution in [0.4, 0.5) is 0 Å². The van der Waals surface area contributed by atoms with E-state index < -0.39 is 5.97 Å². The second-order valence-corrected chi connectivity index (χ2v) is 6.22. The number of unbranched alkanes of at least 4 members (excludes halogenated alkanes) is 7. The van der Waals surface area contributed by atoms with Gasteiger partial charge in [-0.1, -0.05) is 51.9 Å². The van der Waals surface area contributed by atoms with Crippen molar-refractivity contribution in [1.82, 2.24) is 4.90 Å². The van der Waals surface area contributed by atoms with E-state index in [1.807, 2.05) is 0 Å². The summed E-state index contributed by atoms with van der Waals surface area (Å²) in [6.45, 7) is 5.42. The van der Waals surface area contributed by atoms with E-state index in [9.17, 15) is 4.79 Å². The molecule has 1 heterocycles. The largest absolute Gasteiger partial charge is 0.480 e. The summed E-state index contributed by atoms with van der Waals surface area (Å²) in [6, 6.07) is 0. The third kappa shape index (κ3) is 9.86. The number of carboxylic acid groups (broad SMARTS) is 1. The average Bonchev–Trinajstić information content (AvgIpc) is 2.49. The zero-order chi connectivity index (χ0) is 15.3. The number of nitrogens with zero attached hydrogens (tertiary/aromatic N) is 1. The van der Waals surface area contributed by atoms with Gasteiger partial charge in [0, 0.05) is 13.1 Å². The minimum atomic E-state index is -0.864. The molecule has 0 saturated carbocycles. The minimum absolute atomic E-state index is 0.149. The van der Waals surface area contributed by atoms with Gasteiger partial charge in [0.15, 0.2) is 0 Å². The van der Waals surface area contributed by atoms with Gasteiger partial charge < -0.3 is 14.7 Å². The molecule has 1 aliphatic heterocycles. The van der Waals surface area contributed by atoms with E-state index in [0.717, 1.165) is 25.9 Å². The molecule has 21 heavy (non-hydrogen) atoms. The van der Waals surface area contributed by atoms with Gasteiger partial charge in [-0.2, -0.15) is 0 Å². The molecule has 4 heteroatoms. The molecule has 1 saturated heterocycles. The highest BCUT2D eigenvalue weighted by atomic mass is 16.5. The van der Waals surface area contributed by atoms with Crippen LogP contribution < -0.4 is 0 Å². The molecule has 1 N–H and O–H groups in total. The van der Waals surface area contributed by atoms with Crippen LogP contribution in [-0.2, 0) is 9.53 Å². The van der Waals surface area contributed by atoms with E-state index in [1.165, 1.54) is 57.9 Å². The number of rotatable bonds is 12. The standard InChI is InChI=1S/C17H33NO3/c1-2-3-4-5-6-7-8-9-12-18-13-10-16(11-14-18)21-15-17(19)20/h16H,2-15H2,1H3,(H,19,20). The second kappa shape index (κ2) is 12.0. The van der Waals surface area contributed by atoms with Crippen LogP contribution in [0.1, 0.15) is 71.1 Å². The lowest BCUT2D eigenvalue weighted by molar-refractivity contribution is -0.145. The lowest BCUT2D eigenvalue weighted by atomic mass is 10.1. The maximum Gasteiger partial charge on any atom is 0.329 e. The maximum atomic E-state index is 10.5. The molecule has 0 radical (unpaired) electrons. The van der Waals surface area contributed by atoms with Crippen molar-refractivity contribution in [3.63, 3.8) is 0 Å². The van der Waals surface area contributed by atoms with Crippen molar-refractivity contribution in [2.45, 2.75) is 77.2 Å². The first kappa shape index (κ1) is 18.4. The summed E-state index contributed by atoms with van der Waals surface area (Å²) in [5, 5.41) is 8.60. The summed E-state index contributed by atoms with van der Waals surface area (Å²) >= 11 is 0. The van der Waals surface area contributed by atoms with E-state index >= 15 is 0 Å². The van der Waals surface area contributed by atoms with E-state index in [0.29, 0.717) is 0 Å². The van der Waals surface area contributed by atoms with Crippen molar-refractivity contribution in [2.24, 2.45) is 0 Å². The van der Waals surface area contributed by atoms with Crippen molar-refractivity contribution >= 4 is 5.97 Å². The fourth-order valence-electron chi connectivity index (χ4n) is 2.96. The molecule has 1 rings (SSSR count). The van der Waals surface area contributed by atoms with E-state index in [2.05, 4.69) is 11.8 Å². The molecule has 0 aliphatic carbocycles. The van der Waals surface area contributed by atoms with Crippen LogP contribution in [-0.4, -0.2) is 48.3 Å². The number of piperidine rings is 1. The lowest BCUT2D eigenvalue weighted by Crippen LogP contribution is -2.38. The highest BCUT2D eigenvalue weighted by Crippen LogP contribution is 2.15. The molecule has 0 aromatic rings. The van der Waals surface area contributed by atoms with Crippen LogP contribution in [0.25, 0.3) is 0 Å². The third-order valence-corrected chi connectivity index (χ3v) is 4.31. The molecule has 0 atom stereocenters. The van der Waals surface area contributed by atoms with Crippen LogP contribution in [0.3, 0.4) is 0 Å². The molecule has 1 fully saturated rings. The van der Waals surface area contributed by atoms with Gasteiger partial charge in [-0.25, -0.2) is 4.79 Å². The zero-order valence-corrected chi connectivity index (χ0v) is 13.7. The minimum Gasteiger partial charge on any atom is -0.480 e. The molecular weight excluding hydrogens is 266 g/mol. The first-order valence-electron chi connectivity index (χ1n) is 8.78. The molecule has 0 bridgehead atoms. The summed E-state index contributed by atoms with van der Waals surface area (Å²) in [4.78, 5) is 13.0. The smallest absolute Gasteiger partial charge is 0.329 e. The van der Waals surface area contributed by atoms with Crippen LogP contribution in [0.5, 0.6) is 0 Å². The van der Waals surface area contributed by atoms with Gasteiger partial charge in [0.05, 0.1) is 6.10 Å². The first-order valence-corrected chi connectivity index (χ1v) is 8.78. The molecule has 124 valence electrons. The van der Waals surface area contributed by atoms with Gasteiger partial charge in [-0.3, -0.25) is 0 Å². The molecule has 4 nitrogen and oxygen atoms in total. The SMILES string of the molecule is CCCCCCCCCCN1CCC(OCC(=O)O)CC1. The van der Waals surface area contributed by atoms with Gasteiger partial charge in [-0.15, -0.1) is 0 Å². The Hall–Kier alpha value is -0.610. The summed E-state index contributed by atoms with van der Waals surface area (Å²) in [6.07, 6.45) is 13.0. The van der Waals surface area contributed by atoms with Crippen LogP contribution in [0.2, 0.25) is 0 Å². The Bertz CT molecular complexity index is 263. The van der Waals surface area contributed by atoms with Crippen molar-refractivity contribution in [3.8, 4) is 0 Å². The van der Waals surface area contributed by atoms with E-state index in [4.69, 9.17) is 9.84 Å². The second-order valence-electron chi connectivity index (χ2n) is 6.22. The highest BCUT2D eigenvalue weighted by Gasteiger charge is 2.19. The fraction of sp³-hybridized carbons (Fsp3) is 0.941. The molecule has 0 aromatic carbocycles. The number of ether oxygens (including phenoxy) is 1. The van der Waals surface area contributed by atoms with Crippen molar-refractivity contribution < 1.29 is 14.6 Å². The number of likely N-dealkylation sites (tertiary alicyclic amines) is 1. The Kier molecular flexibility index (Phi) is 10.5. The topological polar surface area (TPSA) is 49.8 Å². The van der Waals surface area contributed by atoms with Crippen molar-refractivity contribution in [1.29, 1.82) is 0 Å². The normalized spacial score (nSPS) is 17.2. The predicted octanol–water partition coefficient (Wildman–Crippen LogP) is 3.69. The third-order valence-electron chi connectivity index (χ3n) is 4.31. The number of hydrogen-bond donors (Lipinski definition) is 1. The average molecular weight is 299 g/mol. The molecule has 0 unspecified atom stereocenters. The van der Waals surface area contributed by atoms with Gasteiger partial charge in [0.25, 0.3) is 0 Å². The highest BCUT2D eigenvalue weighted by molar-refractivity contribution is 5.68. The lowest BCUT2D eigenvalue weighted by Gasteiger charge is -2.31. The Morgan fingerprint density at radius 1 is 1.05 bits per heavy atom. The summed E-state index contributed by atoms with van der Waals surface area (Å²) < 4.78 is 5.36. The molecule has 1 aliphatic rings. The Labute approximate surface area is 129 Å². The monoisotopic (exact) mass is 299 g/mol. The zero-order valence-electron chi connectivity index (χ0n) is 13.7. The van der Waals surface area contributed by atoms with Crippen molar-refractivity contribution in [2.75, 3.05) is 26.2 Å². The van der Waals surface area contributed by atoms with Gasteiger partial charge >= 0.3 is 5.97 Å². The van der Waals surface area contributed by atoms with Crippen LogP contribution in [0, 0.1) is 0 Å². The molecule has 0 aromatic heterocycles. The first-order chi connectivity index (χ1) is 10.2. The summed E-state index contributed by atoms with van der Waals surface area (Å²) in [7, 11) is 0. The molecule has 0 amide bonds. The fourth-order valence-corrected chi connectivity index (χ4v) is 2.96. The molecular formula is C17H33NO3. The summed E-state index contributed by atoms with van der Waals surface area (Å²) in [5.41, 5.74) is 0. The quantitative estimate of drug-likeness (QED) is 0.558. The van der Waals surface area contributed by atoms with Crippen LogP contribution >= 0.6 is 0 Å². The van der Waals surface area contributed by atoms with Gasteiger partial charge in [0.2, 0.25) is 0 Å². The predicted molar refractivity (Wildman–Crippen MR) is 85.7 cm³/mol. The maximum absolute atomic E-state index is 10.5.